The number of pyridine rings is 1. The first-order valence-electron chi connectivity index (χ1n) is 12.7. The van der Waals surface area contributed by atoms with Crippen molar-refractivity contribution < 1.29 is 19.1 Å². The number of hydrogen-bond acceptors (Lipinski definition) is 8. The van der Waals surface area contributed by atoms with Gasteiger partial charge in [-0.05, 0) is 41.7 Å². The lowest BCUT2D eigenvalue weighted by Gasteiger charge is -2.46. The van der Waals surface area contributed by atoms with Crippen molar-refractivity contribution in [2.75, 3.05) is 39.4 Å². The molecule has 1 aliphatic carbocycles. The highest BCUT2D eigenvalue weighted by Gasteiger charge is 2.39. The summed E-state index contributed by atoms with van der Waals surface area (Å²) in [5.74, 6) is 5.26. The molecule has 37 heavy (non-hydrogen) atoms. The summed E-state index contributed by atoms with van der Waals surface area (Å²) in [7, 11) is 0. The van der Waals surface area contributed by atoms with Crippen LogP contribution in [0, 0.1) is 0 Å². The van der Waals surface area contributed by atoms with Crippen LogP contribution in [-0.4, -0.2) is 78.4 Å². The molecule has 4 aliphatic rings. The van der Waals surface area contributed by atoms with Gasteiger partial charge in [-0.1, -0.05) is 23.4 Å². The Morgan fingerprint density at radius 2 is 2.08 bits per heavy atom. The van der Waals surface area contributed by atoms with Crippen LogP contribution in [0.2, 0.25) is 0 Å². The second kappa shape index (κ2) is 9.98. The number of aryl methyl sites for hydroxylation is 1. The first kappa shape index (κ1) is 23.7. The molecule has 1 aromatic heterocycles. The van der Waals surface area contributed by atoms with E-state index in [1.165, 1.54) is 6.34 Å². The van der Waals surface area contributed by atoms with Crippen molar-refractivity contribution in [2.45, 2.75) is 37.3 Å². The molecule has 1 amide bonds. The average molecular weight is 504 g/mol. The minimum atomic E-state index is -0.248. The van der Waals surface area contributed by atoms with Crippen molar-refractivity contribution in [1.29, 1.82) is 0 Å². The summed E-state index contributed by atoms with van der Waals surface area (Å²) < 4.78 is 11.4. The predicted molar refractivity (Wildman–Crippen MR) is 134 cm³/mol. The highest BCUT2D eigenvalue weighted by molar-refractivity contribution is 5.92. The number of amides is 1. The van der Waals surface area contributed by atoms with Crippen LogP contribution in [0.25, 0.3) is 0 Å². The zero-order valence-corrected chi connectivity index (χ0v) is 20.5. The SMILES string of the molecule is NN=NC=Nc1ccc2c(n1)CCC2C(=O)N1CCN2CC(c3ccc4c(c3)CCOC4=O)OCC2C1. The molecule has 4 heterocycles. The molecule has 3 aliphatic heterocycles. The van der Waals surface area contributed by atoms with Crippen molar-refractivity contribution in [3.8, 4) is 0 Å². The minimum Gasteiger partial charge on any atom is -0.462 e. The molecule has 2 fully saturated rings. The van der Waals surface area contributed by atoms with Crippen LogP contribution in [-0.2, 0) is 27.1 Å². The second-order valence-corrected chi connectivity index (χ2v) is 9.83. The van der Waals surface area contributed by atoms with E-state index in [1.807, 2.05) is 23.1 Å². The van der Waals surface area contributed by atoms with E-state index >= 15 is 0 Å². The van der Waals surface area contributed by atoms with Gasteiger partial charge < -0.3 is 20.2 Å². The molecule has 2 saturated heterocycles. The number of rotatable bonds is 4. The van der Waals surface area contributed by atoms with E-state index in [2.05, 4.69) is 31.3 Å². The van der Waals surface area contributed by atoms with Crippen LogP contribution < -0.4 is 5.84 Å². The number of aliphatic imine (C=N–C) groups is 1. The van der Waals surface area contributed by atoms with Gasteiger partial charge >= 0.3 is 5.97 Å². The number of nitrogens with two attached hydrogens (primary N) is 1. The van der Waals surface area contributed by atoms with Gasteiger partial charge in [0.25, 0.3) is 0 Å². The molecule has 1 aromatic carbocycles. The first-order chi connectivity index (χ1) is 18.1. The number of ether oxygens (including phenoxy) is 2. The van der Waals surface area contributed by atoms with E-state index < -0.39 is 0 Å². The highest BCUT2D eigenvalue weighted by Crippen LogP contribution is 2.36. The molecule has 2 N–H and O–H groups in total. The summed E-state index contributed by atoms with van der Waals surface area (Å²) in [6, 6.07) is 9.84. The Morgan fingerprint density at radius 3 is 2.97 bits per heavy atom. The number of piperazine rings is 1. The summed E-state index contributed by atoms with van der Waals surface area (Å²) >= 11 is 0. The highest BCUT2D eigenvalue weighted by atomic mass is 16.5. The Balaban J connectivity index is 1.09. The van der Waals surface area contributed by atoms with E-state index in [4.69, 9.17) is 15.3 Å². The van der Waals surface area contributed by atoms with Crippen molar-refractivity contribution in [3.63, 3.8) is 0 Å². The van der Waals surface area contributed by atoms with Crippen LogP contribution in [0.3, 0.4) is 0 Å². The van der Waals surface area contributed by atoms with Crippen LogP contribution in [0.4, 0.5) is 5.82 Å². The van der Waals surface area contributed by atoms with Crippen LogP contribution in [0.15, 0.2) is 45.7 Å². The maximum Gasteiger partial charge on any atom is 0.338 e. The standard InChI is InChI=1S/C26H29N7O4/c27-31-29-15-28-24-6-4-20-21(3-5-22(20)30-24)25(34)33-9-8-32-13-23(37-14-18(32)12-33)17-1-2-19-16(11-17)7-10-36-26(19)35/h1-2,4,6,11,15,18,21,23H,3,5,7-10,12-14H2,(H2,27,28,29,30). The van der Waals surface area contributed by atoms with Crippen molar-refractivity contribution in [1.82, 2.24) is 14.8 Å². The number of carbonyl (C=O) groups excluding carboxylic acids is 2. The number of carbonyl (C=O) groups is 2. The van der Waals surface area contributed by atoms with Gasteiger partial charge in [-0.25, -0.2) is 14.8 Å². The molecule has 3 unspecified atom stereocenters. The topological polar surface area (TPSA) is 135 Å². The van der Waals surface area contributed by atoms with E-state index in [1.54, 1.807) is 6.07 Å². The molecule has 11 nitrogen and oxygen atoms in total. The fourth-order valence-electron chi connectivity index (χ4n) is 5.86. The Bertz CT molecular complexity index is 1280. The second-order valence-electron chi connectivity index (χ2n) is 9.83. The lowest BCUT2D eigenvalue weighted by atomic mass is 9.96. The van der Waals surface area contributed by atoms with Gasteiger partial charge in [0.15, 0.2) is 5.82 Å². The number of nitrogens with zero attached hydrogens (tertiary/aromatic N) is 6. The maximum absolute atomic E-state index is 13.5. The number of aromatic nitrogens is 1. The number of esters is 1. The molecule has 192 valence electrons. The Labute approximate surface area is 214 Å². The number of morpholine rings is 1. The minimum absolute atomic E-state index is 0.0438. The lowest BCUT2D eigenvalue weighted by molar-refractivity contribution is -0.141. The quantitative estimate of drug-likeness (QED) is 0.169. The van der Waals surface area contributed by atoms with Gasteiger partial charge in [0, 0.05) is 38.3 Å². The van der Waals surface area contributed by atoms with Crippen molar-refractivity contribution >= 4 is 24.0 Å². The smallest absolute Gasteiger partial charge is 0.338 e. The molecular weight excluding hydrogens is 474 g/mol. The van der Waals surface area contributed by atoms with Gasteiger partial charge in [-0.3, -0.25) is 9.69 Å². The zero-order chi connectivity index (χ0) is 25.4. The van der Waals surface area contributed by atoms with Crippen molar-refractivity contribution in [3.05, 3.63) is 58.3 Å². The summed E-state index contributed by atoms with van der Waals surface area (Å²) in [4.78, 5) is 38.6. The van der Waals surface area contributed by atoms with E-state index in [-0.39, 0.29) is 29.9 Å². The van der Waals surface area contributed by atoms with Crippen LogP contribution in [0.1, 0.15) is 51.2 Å². The first-order valence-corrected chi connectivity index (χ1v) is 12.7. The molecule has 3 atom stereocenters. The van der Waals surface area contributed by atoms with Gasteiger partial charge in [0.1, 0.15) is 6.34 Å². The third-order valence-corrected chi connectivity index (χ3v) is 7.78. The van der Waals surface area contributed by atoms with Crippen LogP contribution in [0.5, 0.6) is 0 Å². The van der Waals surface area contributed by atoms with E-state index in [0.29, 0.717) is 37.7 Å². The predicted octanol–water partition coefficient (Wildman–Crippen LogP) is 2.09. The molecule has 11 heteroatoms. The summed E-state index contributed by atoms with van der Waals surface area (Å²) in [6.45, 7) is 3.94. The Hall–Kier alpha value is -3.70. The summed E-state index contributed by atoms with van der Waals surface area (Å²) in [5.41, 5.74) is 4.68. The number of fused-ring (bicyclic) bond motifs is 3. The number of hydrogen-bond donors (Lipinski definition) is 1. The third kappa shape index (κ3) is 4.60. The molecule has 6 rings (SSSR count). The third-order valence-electron chi connectivity index (χ3n) is 7.78. The number of cyclic esters (lactones) is 1. The maximum atomic E-state index is 13.5. The van der Waals surface area contributed by atoms with Gasteiger partial charge in [0.05, 0.1) is 36.8 Å². The molecule has 0 bridgehead atoms. The van der Waals surface area contributed by atoms with E-state index in [9.17, 15) is 9.59 Å². The molecule has 0 spiro atoms. The molecule has 0 saturated carbocycles. The zero-order valence-electron chi connectivity index (χ0n) is 20.5. The Morgan fingerprint density at radius 1 is 1.16 bits per heavy atom. The van der Waals surface area contributed by atoms with Crippen LogP contribution >= 0.6 is 0 Å². The molecular formula is C26H29N7O4. The van der Waals surface area contributed by atoms with Crippen molar-refractivity contribution in [2.24, 2.45) is 21.2 Å². The average Bonchev–Trinajstić information content (AvgIpc) is 3.35. The largest absolute Gasteiger partial charge is 0.462 e. The monoisotopic (exact) mass is 503 g/mol. The van der Waals surface area contributed by atoms with Gasteiger partial charge in [-0.2, -0.15) is 0 Å². The fourth-order valence-corrected chi connectivity index (χ4v) is 5.86. The van der Waals surface area contributed by atoms with E-state index in [0.717, 1.165) is 54.7 Å². The lowest BCUT2D eigenvalue weighted by Crippen LogP contribution is -2.60. The molecule has 0 radical (unpaired) electrons. The normalized spacial score (nSPS) is 25.7. The molecule has 2 aromatic rings. The summed E-state index contributed by atoms with van der Waals surface area (Å²) in [5, 5.41) is 6.67. The summed E-state index contributed by atoms with van der Waals surface area (Å²) in [6.07, 6.45) is 3.45. The Kier molecular flexibility index (Phi) is 6.39. The van der Waals surface area contributed by atoms with Gasteiger partial charge in [0.2, 0.25) is 5.91 Å². The van der Waals surface area contributed by atoms with Gasteiger partial charge in [-0.15, -0.1) is 5.11 Å². The number of benzene rings is 1. The fraction of sp³-hybridized carbons (Fsp3) is 0.462.